The van der Waals surface area contributed by atoms with Crippen LogP contribution in [0, 0.1) is 0 Å². The van der Waals surface area contributed by atoms with Crippen LogP contribution in [0.15, 0.2) is 0 Å². The van der Waals surface area contributed by atoms with E-state index in [0.717, 1.165) is 25.7 Å². The molecule has 2 N–H and O–H groups in total. The highest BCUT2D eigenvalue weighted by molar-refractivity contribution is 7.39. The zero-order valence-electron chi connectivity index (χ0n) is 18.5. The minimum Gasteiger partial charge on any atom is -0.328 e. The highest BCUT2D eigenvalue weighted by Crippen LogP contribution is 2.31. The second kappa shape index (κ2) is 22.6. The van der Waals surface area contributed by atoms with Crippen molar-refractivity contribution in [2.75, 3.05) is 0 Å². The summed E-state index contributed by atoms with van der Waals surface area (Å²) in [5, 5.41) is 0. The van der Waals surface area contributed by atoms with E-state index in [0.29, 0.717) is 0 Å². The number of rotatable bonds is 22. The van der Waals surface area contributed by atoms with Gasteiger partial charge in [0.25, 0.3) is 0 Å². The van der Waals surface area contributed by atoms with Crippen molar-refractivity contribution < 1.29 is 14.3 Å². The zero-order chi connectivity index (χ0) is 20.0. The van der Waals surface area contributed by atoms with Crippen molar-refractivity contribution in [2.45, 2.75) is 148 Å². The monoisotopic (exact) mass is 404 g/mol. The summed E-state index contributed by atoms with van der Waals surface area (Å²) in [6.45, 7) is 4.52. The van der Waals surface area contributed by atoms with Gasteiger partial charge in [0.1, 0.15) is 0 Å². The topological polar surface area (TPSA) is 49.7 Å². The van der Waals surface area contributed by atoms with Gasteiger partial charge in [0, 0.05) is 0 Å². The lowest BCUT2D eigenvalue weighted by Crippen LogP contribution is -2.10. The molecule has 0 spiro atoms. The molecule has 0 amide bonds. The summed E-state index contributed by atoms with van der Waals surface area (Å²) in [5.74, 6) is 0. The highest BCUT2D eigenvalue weighted by Gasteiger charge is 2.13. The van der Waals surface area contributed by atoms with Crippen LogP contribution in [-0.4, -0.2) is 15.9 Å². The summed E-state index contributed by atoms with van der Waals surface area (Å²) >= 11 is 0. The second-order valence-electron chi connectivity index (χ2n) is 8.21. The van der Waals surface area contributed by atoms with Gasteiger partial charge in [0.05, 0.1) is 6.10 Å². The summed E-state index contributed by atoms with van der Waals surface area (Å²) in [6.07, 6.45) is 25.8. The fourth-order valence-electron chi connectivity index (χ4n) is 3.75. The smallest absolute Gasteiger partial charge is 0.327 e. The average Bonchev–Trinajstić information content (AvgIpc) is 2.64. The average molecular weight is 405 g/mol. The maximum absolute atomic E-state index is 9.21. The highest BCUT2D eigenvalue weighted by atomic mass is 31.2. The molecular formula is C23H49O3P. The number of hydrogen-bond donors (Lipinski definition) is 2. The lowest BCUT2D eigenvalue weighted by molar-refractivity contribution is 0.147. The predicted octanol–water partition coefficient (Wildman–Crippen LogP) is 8.42. The molecule has 4 heteroatoms. The Morgan fingerprint density at radius 1 is 0.519 bits per heavy atom. The quantitative estimate of drug-likeness (QED) is 0.141. The SMILES string of the molecule is CCCCCCCCCCCCC(CCCCCCCCCC)OP(O)O. The van der Waals surface area contributed by atoms with E-state index in [-0.39, 0.29) is 6.10 Å². The van der Waals surface area contributed by atoms with Crippen molar-refractivity contribution in [3.8, 4) is 0 Å². The van der Waals surface area contributed by atoms with Crippen LogP contribution in [0.4, 0.5) is 0 Å². The Balaban J connectivity index is 3.56. The van der Waals surface area contributed by atoms with Gasteiger partial charge in [-0.2, -0.15) is 0 Å². The molecule has 0 rings (SSSR count). The molecule has 0 saturated heterocycles. The summed E-state index contributed by atoms with van der Waals surface area (Å²) in [6, 6.07) is 0. The summed E-state index contributed by atoms with van der Waals surface area (Å²) in [5.41, 5.74) is 0. The van der Waals surface area contributed by atoms with Crippen LogP contribution in [0.5, 0.6) is 0 Å². The third-order valence-corrected chi connectivity index (χ3v) is 5.99. The van der Waals surface area contributed by atoms with Crippen molar-refractivity contribution in [1.29, 1.82) is 0 Å². The van der Waals surface area contributed by atoms with E-state index in [4.69, 9.17) is 4.52 Å². The van der Waals surface area contributed by atoms with Gasteiger partial charge in [-0.3, -0.25) is 0 Å². The van der Waals surface area contributed by atoms with E-state index in [2.05, 4.69) is 13.8 Å². The summed E-state index contributed by atoms with van der Waals surface area (Å²) in [7, 11) is -2.21. The molecule has 27 heavy (non-hydrogen) atoms. The molecule has 0 aliphatic rings. The molecule has 0 aromatic carbocycles. The fourth-order valence-corrected chi connectivity index (χ4v) is 4.23. The molecule has 1 atom stereocenters. The zero-order valence-corrected chi connectivity index (χ0v) is 19.4. The molecule has 1 unspecified atom stereocenters. The van der Waals surface area contributed by atoms with Gasteiger partial charge in [-0.1, -0.05) is 129 Å². The minimum atomic E-state index is -2.21. The van der Waals surface area contributed by atoms with Crippen LogP contribution in [0.25, 0.3) is 0 Å². The van der Waals surface area contributed by atoms with E-state index in [9.17, 15) is 9.79 Å². The first kappa shape index (κ1) is 27.3. The molecule has 0 saturated carbocycles. The molecule has 0 aliphatic carbocycles. The molecule has 0 aromatic heterocycles. The minimum absolute atomic E-state index is 0.0419. The van der Waals surface area contributed by atoms with Crippen molar-refractivity contribution >= 4 is 8.60 Å². The molecule has 164 valence electrons. The van der Waals surface area contributed by atoms with Crippen LogP contribution in [0.3, 0.4) is 0 Å². The Labute approximate surface area is 171 Å². The van der Waals surface area contributed by atoms with E-state index in [1.165, 1.54) is 103 Å². The molecule has 0 aromatic rings. The van der Waals surface area contributed by atoms with Crippen LogP contribution < -0.4 is 0 Å². The molecule has 0 fully saturated rings. The van der Waals surface area contributed by atoms with Gasteiger partial charge in [0.2, 0.25) is 0 Å². The van der Waals surface area contributed by atoms with E-state index >= 15 is 0 Å². The molecule has 3 nitrogen and oxygen atoms in total. The van der Waals surface area contributed by atoms with Crippen LogP contribution in [-0.2, 0) is 4.52 Å². The standard InChI is InChI=1S/C23H49O3P/c1-3-5-7-9-11-13-14-16-18-20-22-23(26-27(24)25)21-19-17-15-12-10-8-6-4-2/h23-25H,3-22H2,1-2H3. The predicted molar refractivity (Wildman–Crippen MR) is 120 cm³/mol. The normalized spacial score (nSPS) is 12.8. The van der Waals surface area contributed by atoms with Crippen molar-refractivity contribution in [3.05, 3.63) is 0 Å². The summed E-state index contributed by atoms with van der Waals surface area (Å²) < 4.78 is 5.37. The maximum atomic E-state index is 9.21. The Bertz CT molecular complexity index is 274. The van der Waals surface area contributed by atoms with E-state index in [1.54, 1.807) is 0 Å². The first-order valence-corrected chi connectivity index (χ1v) is 13.2. The van der Waals surface area contributed by atoms with Crippen molar-refractivity contribution in [2.24, 2.45) is 0 Å². The fraction of sp³-hybridized carbons (Fsp3) is 1.00. The van der Waals surface area contributed by atoms with Crippen molar-refractivity contribution in [3.63, 3.8) is 0 Å². The van der Waals surface area contributed by atoms with Crippen LogP contribution in [0.2, 0.25) is 0 Å². The Morgan fingerprint density at radius 2 is 0.815 bits per heavy atom. The maximum Gasteiger partial charge on any atom is 0.327 e. The number of hydrogen-bond acceptors (Lipinski definition) is 3. The number of unbranched alkanes of at least 4 members (excludes halogenated alkanes) is 16. The molecule has 0 radical (unpaired) electrons. The van der Waals surface area contributed by atoms with E-state index < -0.39 is 8.60 Å². The van der Waals surface area contributed by atoms with Gasteiger partial charge in [-0.25, -0.2) is 0 Å². The van der Waals surface area contributed by atoms with Gasteiger partial charge >= 0.3 is 8.60 Å². The van der Waals surface area contributed by atoms with Gasteiger partial charge < -0.3 is 14.3 Å². The third-order valence-electron chi connectivity index (χ3n) is 5.50. The Kier molecular flexibility index (Phi) is 22.9. The summed E-state index contributed by atoms with van der Waals surface area (Å²) in [4.78, 5) is 18.4. The first-order valence-electron chi connectivity index (χ1n) is 12.0. The van der Waals surface area contributed by atoms with E-state index in [1.807, 2.05) is 0 Å². The van der Waals surface area contributed by atoms with Gasteiger partial charge in [-0.15, -0.1) is 0 Å². The third kappa shape index (κ3) is 22.5. The molecular weight excluding hydrogens is 355 g/mol. The van der Waals surface area contributed by atoms with Gasteiger partial charge in [0.15, 0.2) is 0 Å². The van der Waals surface area contributed by atoms with Crippen LogP contribution in [0.1, 0.15) is 142 Å². The molecule has 0 aliphatic heterocycles. The first-order chi connectivity index (χ1) is 13.2. The van der Waals surface area contributed by atoms with Crippen molar-refractivity contribution in [1.82, 2.24) is 0 Å². The molecule has 0 bridgehead atoms. The lowest BCUT2D eigenvalue weighted by Gasteiger charge is -2.17. The second-order valence-corrected chi connectivity index (χ2v) is 8.93. The Morgan fingerprint density at radius 3 is 1.11 bits per heavy atom. The lowest BCUT2D eigenvalue weighted by atomic mass is 10.0. The largest absolute Gasteiger partial charge is 0.328 e. The molecule has 0 heterocycles. The Hall–Kier alpha value is 0.310. The van der Waals surface area contributed by atoms with Gasteiger partial charge in [-0.05, 0) is 12.8 Å². The van der Waals surface area contributed by atoms with Crippen LogP contribution >= 0.6 is 8.60 Å².